The molecule has 1 aromatic carbocycles. The second-order valence-corrected chi connectivity index (χ2v) is 5.85. The zero-order chi connectivity index (χ0) is 14.5. The molecule has 0 radical (unpaired) electrons. The lowest BCUT2D eigenvalue weighted by atomic mass is 10.1. The normalized spacial score (nSPS) is 22.9. The number of carbonyl (C=O) groups excluding carboxylic acids is 1. The van der Waals surface area contributed by atoms with E-state index in [0.29, 0.717) is 15.7 Å². The van der Waals surface area contributed by atoms with Crippen molar-refractivity contribution in [2.75, 3.05) is 5.32 Å². The van der Waals surface area contributed by atoms with E-state index in [4.69, 9.17) is 23.2 Å². The van der Waals surface area contributed by atoms with Gasteiger partial charge in [-0.25, -0.2) is 4.79 Å². The molecule has 3 N–H and O–H groups in total. The molecule has 2 atom stereocenters. The minimum Gasteiger partial charge on any atom is -0.391 e. The number of carbonyl (C=O) groups is 1. The smallest absolute Gasteiger partial charge is 0.319 e. The van der Waals surface area contributed by atoms with Gasteiger partial charge < -0.3 is 15.7 Å². The summed E-state index contributed by atoms with van der Waals surface area (Å²) in [4.78, 5) is 11.9. The summed E-state index contributed by atoms with van der Waals surface area (Å²) in [5.74, 6) is 0. The van der Waals surface area contributed by atoms with Gasteiger partial charge in [-0.3, -0.25) is 0 Å². The summed E-state index contributed by atoms with van der Waals surface area (Å²) in [5.41, 5.74) is 0.569. The topological polar surface area (TPSA) is 61.4 Å². The van der Waals surface area contributed by atoms with Gasteiger partial charge in [0.2, 0.25) is 0 Å². The van der Waals surface area contributed by atoms with Gasteiger partial charge in [0.1, 0.15) is 0 Å². The summed E-state index contributed by atoms with van der Waals surface area (Å²) in [6, 6.07) is 4.36. The Balaban J connectivity index is 1.92. The number of aliphatic hydroxyl groups excluding tert-OH is 1. The van der Waals surface area contributed by atoms with Crippen molar-refractivity contribution in [2.45, 2.75) is 44.2 Å². The van der Waals surface area contributed by atoms with Crippen LogP contribution in [0.5, 0.6) is 0 Å². The Morgan fingerprint density at radius 2 is 1.90 bits per heavy atom. The fraction of sp³-hybridized carbons (Fsp3) is 0.500. The summed E-state index contributed by atoms with van der Waals surface area (Å²) in [6.07, 6.45) is 4.19. The van der Waals surface area contributed by atoms with Crippen LogP contribution < -0.4 is 10.6 Å². The van der Waals surface area contributed by atoms with E-state index in [1.165, 1.54) is 0 Å². The fourth-order valence-electron chi connectivity index (χ4n) is 2.37. The van der Waals surface area contributed by atoms with Gasteiger partial charge in [-0.05, 0) is 31.0 Å². The molecule has 0 aliphatic heterocycles. The number of benzene rings is 1. The van der Waals surface area contributed by atoms with Gasteiger partial charge in [0.25, 0.3) is 0 Å². The zero-order valence-corrected chi connectivity index (χ0v) is 12.5. The summed E-state index contributed by atoms with van der Waals surface area (Å²) < 4.78 is 0. The second-order valence-electron chi connectivity index (χ2n) is 5.04. The molecule has 1 saturated carbocycles. The lowest BCUT2D eigenvalue weighted by Crippen LogP contribution is -2.44. The summed E-state index contributed by atoms with van der Waals surface area (Å²) in [7, 11) is 0. The van der Waals surface area contributed by atoms with Crippen LogP contribution in [0.15, 0.2) is 18.2 Å². The number of amides is 2. The van der Waals surface area contributed by atoms with Crippen LogP contribution in [0.3, 0.4) is 0 Å². The van der Waals surface area contributed by atoms with Crippen molar-refractivity contribution in [1.82, 2.24) is 5.32 Å². The highest BCUT2D eigenvalue weighted by Crippen LogP contribution is 2.25. The third kappa shape index (κ3) is 4.27. The van der Waals surface area contributed by atoms with Crippen LogP contribution in [-0.4, -0.2) is 23.3 Å². The molecule has 1 aromatic rings. The lowest BCUT2D eigenvalue weighted by Gasteiger charge is -2.22. The van der Waals surface area contributed by atoms with Gasteiger partial charge in [0.05, 0.1) is 22.2 Å². The Bertz CT molecular complexity index is 482. The Kier molecular flexibility index (Phi) is 5.52. The molecule has 110 valence electrons. The van der Waals surface area contributed by atoms with Crippen molar-refractivity contribution in [3.63, 3.8) is 0 Å². The van der Waals surface area contributed by atoms with Crippen molar-refractivity contribution >= 4 is 34.9 Å². The van der Waals surface area contributed by atoms with E-state index in [-0.39, 0.29) is 12.1 Å². The van der Waals surface area contributed by atoms with Crippen LogP contribution in [0.2, 0.25) is 10.0 Å². The van der Waals surface area contributed by atoms with Crippen LogP contribution in [-0.2, 0) is 0 Å². The van der Waals surface area contributed by atoms with E-state index in [0.717, 1.165) is 32.1 Å². The highest BCUT2D eigenvalue weighted by molar-refractivity contribution is 6.42. The molecule has 2 unspecified atom stereocenters. The number of halogens is 2. The molecule has 4 nitrogen and oxygen atoms in total. The maximum atomic E-state index is 11.9. The van der Waals surface area contributed by atoms with E-state index < -0.39 is 6.10 Å². The number of nitrogens with one attached hydrogen (secondary N) is 2. The molecule has 2 amide bonds. The van der Waals surface area contributed by atoms with E-state index in [1.54, 1.807) is 18.2 Å². The van der Waals surface area contributed by atoms with Crippen LogP contribution in [0, 0.1) is 0 Å². The first kappa shape index (κ1) is 15.4. The molecule has 6 heteroatoms. The lowest BCUT2D eigenvalue weighted by molar-refractivity contribution is 0.124. The Morgan fingerprint density at radius 3 is 2.65 bits per heavy atom. The molecular formula is C14H18Cl2N2O2. The quantitative estimate of drug-likeness (QED) is 0.726. The first-order chi connectivity index (χ1) is 9.56. The molecule has 1 fully saturated rings. The first-order valence-corrected chi connectivity index (χ1v) is 7.52. The molecule has 0 aromatic heterocycles. The van der Waals surface area contributed by atoms with Crippen molar-refractivity contribution < 1.29 is 9.90 Å². The van der Waals surface area contributed by atoms with Gasteiger partial charge >= 0.3 is 6.03 Å². The minimum absolute atomic E-state index is 0.194. The number of aliphatic hydroxyl groups is 1. The maximum Gasteiger partial charge on any atom is 0.319 e. The van der Waals surface area contributed by atoms with Crippen LogP contribution in [0.25, 0.3) is 0 Å². The molecular weight excluding hydrogens is 299 g/mol. The molecule has 0 saturated heterocycles. The highest BCUT2D eigenvalue weighted by atomic mass is 35.5. The average molecular weight is 317 g/mol. The predicted molar refractivity (Wildman–Crippen MR) is 81.5 cm³/mol. The third-order valence-corrected chi connectivity index (χ3v) is 4.21. The Morgan fingerprint density at radius 1 is 1.15 bits per heavy atom. The van der Waals surface area contributed by atoms with Gasteiger partial charge in [0, 0.05) is 5.69 Å². The Labute approximate surface area is 128 Å². The van der Waals surface area contributed by atoms with E-state index in [9.17, 15) is 9.90 Å². The van der Waals surface area contributed by atoms with E-state index >= 15 is 0 Å². The number of anilines is 1. The third-order valence-electron chi connectivity index (χ3n) is 3.47. The molecule has 0 bridgehead atoms. The van der Waals surface area contributed by atoms with Crippen LogP contribution >= 0.6 is 23.2 Å². The largest absolute Gasteiger partial charge is 0.391 e. The zero-order valence-electron chi connectivity index (χ0n) is 11.0. The second kappa shape index (κ2) is 7.16. The summed E-state index contributed by atoms with van der Waals surface area (Å²) in [6.45, 7) is 0. The van der Waals surface area contributed by atoms with E-state index in [2.05, 4.69) is 10.6 Å². The SMILES string of the molecule is O=C(Nc1ccc(Cl)c(Cl)c1)NC1CCCCCC1O. The molecule has 0 spiro atoms. The molecule has 20 heavy (non-hydrogen) atoms. The highest BCUT2D eigenvalue weighted by Gasteiger charge is 2.23. The van der Waals surface area contributed by atoms with Gasteiger partial charge in [-0.1, -0.05) is 42.5 Å². The summed E-state index contributed by atoms with van der Waals surface area (Å²) >= 11 is 11.7. The van der Waals surface area contributed by atoms with E-state index in [1.807, 2.05) is 0 Å². The average Bonchev–Trinajstić information content (AvgIpc) is 2.59. The molecule has 0 heterocycles. The standard InChI is InChI=1S/C14H18Cl2N2O2/c15-10-7-6-9(8-11(10)16)17-14(20)18-12-4-2-1-3-5-13(12)19/h6-8,12-13,19H,1-5H2,(H2,17,18,20). The van der Waals surface area contributed by atoms with Crippen molar-refractivity contribution in [2.24, 2.45) is 0 Å². The van der Waals surface area contributed by atoms with Crippen molar-refractivity contribution in [3.8, 4) is 0 Å². The monoisotopic (exact) mass is 316 g/mol. The van der Waals surface area contributed by atoms with Crippen LogP contribution in [0.1, 0.15) is 32.1 Å². The molecule has 1 aliphatic carbocycles. The number of rotatable bonds is 2. The molecule has 2 rings (SSSR count). The van der Waals surface area contributed by atoms with Crippen LogP contribution in [0.4, 0.5) is 10.5 Å². The van der Waals surface area contributed by atoms with Crippen molar-refractivity contribution in [3.05, 3.63) is 28.2 Å². The number of hydrogen-bond acceptors (Lipinski definition) is 2. The minimum atomic E-state index is -0.475. The number of hydrogen-bond donors (Lipinski definition) is 3. The Hall–Kier alpha value is -0.970. The number of urea groups is 1. The van der Waals surface area contributed by atoms with Gasteiger partial charge in [-0.2, -0.15) is 0 Å². The van der Waals surface area contributed by atoms with Crippen molar-refractivity contribution in [1.29, 1.82) is 0 Å². The van der Waals surface area contributed by atoms with Gasteiger partial charge in [0.15, 0.2) is 0 Å². The molecule has 1 aliphatic rings. The van der Waals surface area contributed by atoms with Gasteiger partial charge in [-0.15, -0.1) is 0 Å². The maximum absolute atomic E-state index is 11.9. The predicted octanol–water partition coefficient (Wildman–Crippen LogP) is 3.81. The fourth-order valence-corrected chi connectivity index (χ4v) is 2.66. The summed E-state index contributed by atoms with van der Waals surface area (Å²) in [5, 5.41) is 16.3. The first-order valence-electron chi connectivity index (χ1n) is 6.77.